The van der Waals surface area contributed by atoms with E-state index in [1.165, 1.54) is 12.2 Å². The monoisotopic (exact) mass is 506 g/mol. The minimum Gasteiger partial charge on any atom is -0.358 e. The number of aryl methyl sites for hydroxylation is 1. The molecule has 0 spiro atoms. The lowest BCUT2D eigenvalue weighted by Gasteiger charge is -2.32. The predicted octanol–water partition coefficient (Wildman–Crippen LogP) is 3.64. The first-order valence-electron chi connectivity index (χ1n) is 11.6. The Morgan fingerprint density at radius 3 is 2.43 bits per heavy atom. The third-order valence-electron chi connectivity index (χ3n) is 6.30. The second-order valence-corrected chi connectivity index (χ2v) is 11.1. The third kappa shape index (κ3) is 6.32. The van der Waals surface area contributed by atoms with E-state index in [0.29, 0.717) is 41.2 Å². The number of nitrogens with zero attached hydrogens (tertiary/aromatic N) is 2. The quantitative estimate of drug-likeness (QED) is 0.334. The Morgan fingerprint density at radius 2 is 1.80 bits per heavy atom. The number of carbonyl (C=O) groups excluding carboxylic acids is 2. The van der Waals surface area contributed by atoms with Gasteiger partial charge in [-0.3, -0.25) is 18.7 Å². The Morgan fingerprint density at radius 1 is 1.11 bits per heavy atom. The van der Waals surface area contributed by atoms with Gasteiger partial charge in [0.1, 0.15) is 6.67 Å². The van der Waals surface area contributed by atoms with Gasteiger partial charge in [-0.2, -0.15) is 10.6 Å². The summed E-state index contributed by atoms with van der Waals surface area (Å²) in [7, 11) is -0.973. The van der Waals surface area contributed by atoms with E-state index in [4.69, 9.17) is 0 Å². The molecule has 8 nitrogen and oxygen atoms in total. The van der Waals surface area contributed by atoms with Gasteiger partial charge in [0.15, 0.2) is 0 Å². The highest BCUT2D eigenvalue weighted by molar-refractivity contribution is 8.24. The number of rotatable bonds is 7. The second kappa shape index (κ2) is 11.4. The number of nitrogens with one attached hydrogen (secondary N) is 2. The Labute approximate surface area is 207 Å². The molecule has 2 aliphatic heterocycles. The van der Waals surface area contributed by atoms with E-state index in [1.807, 2.05) is 25.8 Å². The molecular formula is C25H35FN4O4S. The van der Waals surface area contributed by atoms with Crippen molar-refractivity contribution in [3.63, 3.8) is 0 Å². The number of halogens is 1. The number of alkyl halides is 1. The Hall–Kier alpha value is -2.66. The van der Waals surface area contributed by atoms with Crippen LogP contribution in [0.3, 0.4) is 0 Å². The summed E-state index contributed by atoms with van der Waals surface area (Å²) in [4.78, 5) is 33.3. The number of amides is 2. The van der Waals surface area contributed by atoms with Crippen LogP contribution in [0.15, 0.2) is 41.1 Å². The van der Waals surface area contributed by atoms with E-state index in [2.05, 4.69) is 15.2 Å². The van der Waals surface area contributed by atoms with Crippen molar-refractivity contribution in [3.05, 3.63) is 63.7 Å². The van der Waals surface area contributed by atoms with Gasteiger partial charge in [0.2, 0.25) is 0 Å². The van der Waals surface area contributed by atoms with Crippen molar-refractivity contribution in [2.24, 2.45) is 0 Å². The van der Waals surface area contributed by atoms with Crippen LogP contribution in [0.25, 0.3) is 6.08 Å². The lowest BCUT2D eigenvalue weighted by molar-refractivity contribution is -0.115. The highest BCUT2D eigenvalue weighted by atomic mass is 32.3. The van der Waals surface area contributed by atoms with Crippen molar-refractivity contribution in [2.75, 3.05) is 51.4 Å². The molecule has 192 valence electrons. The molecule has 2 aliphatic rings. The molecule has 4 N–H and O–H groups in total. The molecule has 3 rings (SSSR count). The van der Waals surface area contributed by atoms with Crippen molar-refractivity contribution in [1.29, 1.82) is 0 Å². The number of carbonyl (C=O) groups is 2. The summed E-state index contributed by atoms with van der Waals surface area (Å²) in [5.74, 6) is -0.459. The number of piperazine rings is 1. The molecule has 1 aromatic heterocycles. The number of hydrogen-bond acceptors (Lipinski definition) is 5. The molecule has 0 unspecified atom stereocenters. The van der Waals surface area contributed by atoms with Gasteiger partial charge in [0.05, 0.1) is 22.6 Å². The summed E-state index contributed by atoms with van der Waals surface area (Å²) in [6, 6.07) is 0. The molecule has 10 heteroatoms. The fraction of sp³-hybridized carbons (Fsp3) is 0.440. The SMILES string of the molecule is C/C=C1/NC(=O)C(=C\c2[nH]c(C)c(C(=O)N3CCN(C)CC3)c2C)/C1=C/CS(O)(O)C/C=C/CF. The Bertz CT molecular complexity index is 1100. The van der Waals surface area contributed by atoms with E-state index in [1.54, 1.807) is 25.2 Å². The molecule has 2 amide bonds. The summed E-state index contributed by atoms with van der Waals surface area (Å²) < 4.78 is 32.9. The highest BCUT2D eigenvalue weighted by Gasteiger charge is 2.29. The molecule has 0 radical (unpaired) electrons. The smallest absolute Gasteiger partial charge is 0.256 e. The van der Waals surface area contributed by atoms with Crippen LogP contribution in [0.2, 0.25) is 0 Å². The summed E-state index contributed by atoms with van der Waals surface area (Å²) >= 11 is 0. The van der Waals surface area contributed by atoms with Gasteiger partial charge in [0.25, 0.3) is 11.8 Å². The summed E-state index contributed by atoms with van der Waals surface area (Å²) in [6.45, 7) is 7.82. The highest BCUT2D eigenvalue weighted by Crippen LogP contribution is 2.40. The average Bonchev–Trinajstić information content (AvgIpc) is 3.27. The van der Waals surface area contributed by atoms with Gasteiger partial charge in [-0.05, 0) is 39.5 Å². The lowest BCUT2D eigenvalue weighted by Crippen LogP contribution is -2.47. The zero-order valence-electron chi connectivity index (χ0n) is 20.7. The third-order valence-corrected chi connectivity index (χ3v) is 7.73. The fourth-order valence-electron chi connectivity index (χ4n) is 4.24. The van der Waals surface area contributed by atoms with Crippen LogP contribution < -0.4 is 5.32 Å². The zero-order chi connectivity index (χ0) is 25.8. The number of H-pyrrole nitrogens is 1. The lowest BCUT2D eigenvalue weighted by atomic mass is 10.0. The number of hydrogen-bond donors (Lipinski definition) is 4. The fourth-order valence-corrected chi connectivity index (χ4v) is 5.25. The molecule has 2 saturated heterocycles. The van der Waals surface area contributed by atoms with E-state index < -0.39 is 17.3 Å². The molecule has 0 saturated carbocycles. The molecule has 2 fully saturated rings. The van der Waals surface area contributed by atoms with Gasteiger partial charge in [-0.1, -0.05) is 24.3 Å². The maximum atomic E-state index is 13.2. The van der Waals surface area contributed by atoms with Crippen LogP contribution in [0.1, 0.15) is 34.2 Å². The van der Waals surface area contributed by atoms with E-state index in [-0.39, 0.29) is 23.3 Å². The average molecular weight is 507 g/mol. The zero-order valence-corrected chi connectivity index (χ0v) is 21.5. The van der Waals surface area contributed by atoms with Crippen molar-refractivity contribution in [3.8, 4) is 0 Å². The van der Waals surface area contributed by atoms with E-state index in [9.17, 15) is 23.1 Å². The van der Waals surface area contributed by atoms with Gasteiger partial charge in [-0.15, -0.1) is 0 Å². The first-order valence-corrected chi connectivity index (χ1v) is 13.5. The summed E-state index contributed by atoms with van der Waals surface area (Å²) in [6.07, 6.45) is 7.72. The van der Waals surface area contributed by atoms with E-state index >= 15 is 0 Å². The van der Waals surface area contributed by atoms with Crippen LogP contribution >= 0.6 is 10.6 Å². The van der Waals surface area contributed by atoms with Gasteiger partial charge < -0.3 is 20.1 Å². The molecule has 0 aliphatic carbocycles. The minimum atomic E-state index is -3.01. The largest absolute Gasteiger partial charge is 0.358 e. The minimum absolute atomic E-state index is 0.0231. The summed E-state index contributed by atoms with van der Waals surface area (Å²) in [5, 5.41) is 2.81. The number of likely N-dealkylation sites (N-methyl/N-ethyl adjacent to an activating group) is 1. The van der Waals surface area contributed by atoms with Crippen LogP contribution in [0.4, 0.5) is 4.39 Å². The van der Waals surface area contributed by atoms with Crippen molar-refractivity contribution in [1.82, 2.24) is 20.1 Å². The number of aromatic nitrogens is 1. The predicted molar refractivity (Wildman–Crippen MR) is 139 cm³/mol. The number of allylic oxidation sites excluding steroid dienone is 3. The molecule has 35 heavy (non-hydrogen) atoms. The molecular weight excluding hydrogens is 471 g/mol. The van der Waals surface area contributed by atoms with Crippen LogP contribution in [0, 0.1) is 13.8 Å². The molecule has 0 atom stereocenters. The first kappa shape index (κ1) is 26.9. The van der Waals surface area contributed by atoms with Gasteiger partial charge in [-0.25, -0.2) is 4.39 Å². The van der Waals surface area contributed by atoms with Crippen LogP contribution in [0.5, 0.6) is 0 Å². The van der Waals surface area contributed by atoms with Crippen LogP contribution in [-0.4, -0.2) is 87.1 Å². The van der Waals surface area contributed by atoms with Crippen molar-refractivity contribution in [2.45, 2.75) is 20.8 Å². The van der Waals surface area contributed by atoms with Crippen molar-refractivity contribution >= 4 is 28.5 Å². The Balaban J connectivity index is 1.91. The van der Waals surface area contributed by atoms with Gasteiger partial charge in [0, 0.05) is 48.8 Å². The maximum Gasteiger partial charge on any atom is 0.256 e. The van der Waals surface area contributed by atoms with Crippen LogP contribution in [-0.2, 0) is 4.79 Å². The maximum absolute atomic E-state index is 13.2. The number of aromatic amines is 1. The van der Waals surface area contributed by atoms with Gasteiger partial charge >= 0.3 is 0 Å². The first-order chi connectivity index (χ1) is 16.6. The second-order valence-electron chi connectivity index (χ2n) is 8.85. The molecule has 0 bridgehead atoms. The standard InChI is InChI=1S/C25H35FN4O4S/c1-5-21-19(8-15-35(33,34)14-7-6-9-26)20(24(31)28-21)16-22-17(2)23(18(3)27-22)25(32)30-12-10-29(4)11-13-30/h5-8,16,27,33-34H,9-15H2,1-4H3,(H,28,31)/b7-6+,19-8-,20-16-,21-5+. The normalized spacial score (nSPS) is 21.6. The molecule has 0 aromatic carbocycles. The van der Waals surface area contributed by atoms with E-state index in [0.717, 1.165) is 24.3 Å². The topological polar surface area (TPSA) is 109 Å². The summed E-state index contributed by atoms with van der Waals surface area (Å²) in [5.41, 5.74) is 4.28. The van der Waals surface area contributed by atoms with Crippen molar-refractivity contribution < 1.29 is 23.1 Å². The molecule has 1 aromatic rings. The Kier molecular flexibility index (Phi) is 8.76. The molecule has 3 heterocycles.